The van der Waals surface area contributed by atoms with Crippen LogP contribution in [0.25, 0.3) is 0 Å². The van der Waals surface area contributed by atoms with Crippen molar-refractivity contribution in [3.05, 3.63) is 32.0 Å². The lowest BCUT2D eigenvalue weighted by Crippen LogP contribution is -2.04. The van der Waals surface area contributed by atoms with E-state index in [1.165, 1.54) is 0 Å². The molecule has 0 radical (unpaired) electrons. The number of carbonyl (C=O) groups excluding carboxylic acids is 1. The van der Waals surface area contributed by atoms with E-state index in [1.807, 2.05) is 0 Å². The summed E-state index contributed by atoms with van der Waals surface area (Å²) in [5.74, 6) is 0. The first-order chi connectivity index (χ1) is 7.34. The number of halogens is 4. The largest absolute Gasteiger partial charge is 0.283 e. The Morgan fingerprint density at radius 1 is 1.62 bits per heavy atom. The third-order valence-corrected chi connectivity index (χ3v) is 2.40. The number of carbonyl (C=O) groups is 1. The van der Waals surface area contributed by atoms with Crippen LogP contribution in [0, 0.1) is 10.1 Å². The number of alkyl halides is 2. The third-order valence-electron chi connectivity index (χ3n) is 1.61. The van der Waals surface area contributed by atoms with Crippen LogP contribution in [0.3, 0.4) is 0 Å². The van der Waals surface area contributed by atoms with E-state index in [9.17, 15) is 23.7 Å². The first-order valence-electron chi connectivity index (χ1n) is 3.67. The van der Waals surface area contributed by atoms with Crippen molar-refractivity contribution < 1.29 is 18.5 Å². The SMILES string of the molecule is O=C(Cl)c1cc([N+](=O)[O-])c(C(F)F)c(Br)n1. The smallest absolute Gasteiger partial charge is 0.274 e. The van der Waals surface area contributed by atoms with E-state index in [1.54, 1.807) is 0 Å². The molecule has 0 N–H and O–H groups in total. The Morgan fingerprint density at radius 3 is 2.56 bits per heavy atom. The number of nitrogens with zero attached hydrogens (tertiary/aromatic N) is 2. The minimum absolute atomic E-state index is 0.468. The Bertz CT molecular complexity index is 469. The van der Waals surface area contributed by atoms with Gasteiger partial charge in [-0.25, -0.2) is 13.8 Å². The number of nitro groups is 1. The highest BCUT2D eigenvalue weighted by Gasteiger charge is 2.28. The number of hydrogen-bond donors (Lipinski definition) is 0. The lowest BCUT2D eigenvalue weighted by atomic mass is 10.2. The standard InChI is InChI=1S/C7H2BrClF2N2O3/c8-5-4(7(10)11)3(13(15)16)1-2(12-5)6(9)14/h1,7H. The first kappa shape index (κ1) is 12.9. The van der Waals surface area contributed by atoms with Crippen LogP contribution in [0.15, 0.2) is 10.7 Å². The zero-order valence-corrected chi connectivity index (χ0v) is 9.63. The summed E-state index contributed by atoms with van der Waals surface area (Å²) in [6.45, 7) is 0. The molecule has 0 aromatic carbocycles. The summed E-state index contributed by atoms with van der Waals surface area (Å²) in [5.41, 5.74) is -2.25. The van der Waals surface area contributed by atoms with Crippen molar-refractivity contribution in [1.29, 1.82) is 0 Å². The van der Waals surface area contributed by atoms with Crippen LogP contribution in [0.4, 0.5) is 14.5 Å². The number of hydrogen-bond acceptors (Lipinski definition) is 4. The van der Waals surface area contributed by atoms with E-state index >= 15 is 0 Å². The molecule has 0 aliphatic carbocycles. The molecule has 0 spiro atoms. The van der Waals surface area contributed by atoms with Crippen molar-refractivity contribution in [2.75, 3.05) is 0 Å². The molecule has 0 bridgehead atoms. The van der Waals surface area contributed by atoms with Gasteiger partial charge < -0.3 is 0 Å². The van der Waals surface area contributed by atoms with E-state index in [4.69, 9.17) is 11.6 Å². The Kier molecular flexibility index (Phi) is 3.87. The lowest BCUT2D eigenvalue weighted by molar-refractivity contribution is -0.386. The van der Waals surface area contributed by atoms with Crippen molar-refractivity contribution in [3.8, 4) is 0 Å². The zero-order chi connectivity index (χ0) is 12.5. The molecule has 1 aromatic heterocycles. The molecule has 5 nitrogen and oxygen atoms in total. The fraction of sp³-hybridized carbons (Fsp3) is 0.143. The van der Waals surface area contributed by atoms with Crippen LogP contribution < -0.4 is 0 Å². The van der Waals surface area contributed by atoms with Crippen molar-refractivity contribution in [2.24, 2.45) is 0 Å². The Labute approximate surface area is 101 Å². The van der Waals surface area contributed by atoms with Gasteiger partial charge in [0.25, 0.3) is 17.4 Å². The summed E-state index contributed by atoms with van der Waals surface area (Å²) >= 11 is 7.68. The minimum atomic E-state index is -3.08. The molecule has 0 saturated carbocycles. The molecule has 0 aliphatic heterocycles. The molecule has 1 rings (SSSR count). The van der Waals surface area contributed by atoms with Gasteiger partial charge in [0.1, 0.15) is 15.9 Å². The monoisotopic (exact) mass is 314 g/mol. The van der Waals surface area contributed by atoms with Crippen molar-refractivity contribution >= 4 is 38.5 Å². The van der Waals surface area contributed by atoms with Gasteiger partial charge >= 0.3 is 0 Å². The number of aromatic nitrogens is 1. The molecule has 0 unspecified atom stereocenters. The van der Waals surface area contributed by atoms with E-state index < -0.39 is 38.1 Å². The summed E-state index contributed by atoms with van der Waals surface area (Å²) in [5, 5.41) is 9.46. The fourth-order valence-electron chi connectivity index (χ4n) is 0.965. The topological polar surface area (TPSA) is 73.1 Å². The van der Waals surface area contributed by atoms with Crippen molar-refractivity contribution in [3.63, 3.8) is 0 Å². The fourth-order valence-corrected chi connectivity index (χ4v) is 1.63. The summed E-state index contributed by atoms with van der Waals surface area (Å²) in [6, 6.07) is 0.613. The molecule has 86 valence electrons. The molecule has 1 aromatic rings. The van der Waals surface area contributed by atoms with Gasteiger partial charge in [-0.05, 0) is 27.5 Å². The highest BCUT2D eigenvalue weighted by Crippen LogP contribution is 2.34. The van der Waals surface area contributed by atoms with E-state index in [2.05, 4.69) is 20.9 Å². The Morgan fingerprint density at radius 2 is 2.19 bits per heavy atom. The van der Waals surface area contributed by atoms with E-state index in [-0.39, 0.29) is 0 Å². The summed E-state index contributed by atoms with van der Waals surface area (Å²) < 4.78 is 24.5. The molecule has 1 heterocycles. The van der Waals surface area contributed by atoms with Gasteiger partial charge in [-0.1, -0.05) is 0 Å². The predicted octanol–water partition coefficient (Wildman–Crippen LogP) is 3.07. The molecule has 0 atom stereocenters. The van der Waals surface area contributed by atoms with Gasteiger partial charge in [0.05, 0.1) is 4.92 Å². The molecule has 0 aliphatic rings. The number of rotatable bonds is 3. The maximum absolute atomic E-state index is 12.5. The number of pyridine rings is 1. The van der Waals surface area contributed by atoms with Gasteiger partial charge in [0, 0.05) is 6.07 Å². The second-order valence-electron chi connectivity index (χ2n) is 2.56. The van der Waals surface area contributed by atoms with E-state index in [0.29, 0.717) is 6.07 Å². The van der Waals surface area contributed by atoms with Crippen LogP contribution in [0.1, 0.15) is 22.5 Å². The molecule has 0 fully saturated rings. The van der Waals surface area contributed by atoms with E-state index in [0.717, 1.165) is 0 Å². The van der Waals surface area contributed by atoms with Gasteiger partial charge in [-0.15, -0.1) is 0 Å². The first-order valence-corrected chi connectivity index (χ1v) is 4.84. The maximum atomic E-state index is 12.5. The van der Waals surface area contributed by atoms with Crippen LogP contribution in [0.5, 0.6) is 0 Å². The summed E-state index contributed by atoms with van der Waals surface area (Å²) in [6.07, 6.45) is -3.08. The van der Waals surface area contributed by atoms with Crippen molar-refractivity contribution in [2.45, 2.75) is 6.43 Å². The lowest BCUT2D eigenvalue weighted by Gasteiger charge is -2.04. The summed E-state index contributed by atoms with van der Waals surface area (Å²) in [7, 11) is 0. The van der Waals surface area contributed by atoms with Crippen molar-refractivity contribution in [1.82, 2.24) is 4.98 Å². The van der Waals surface area contributed by atoms with Gasteiger partial charge in [0.2, 0.25) is 0 Å². The normalized spacial score (nSPS) is 10.6. The second-order valence-corrected chi connectivity index (χ2v) is 3.66. The molecule has 9 heteroatoms. The average molecular weight is 315 g/mol. The van der Waals surface area contributed by atoms with Gasteiger partial charge in [0.15, 0.2) is 0 Å². The van der Waals surface area contributed by atoms with Gasteiger partial charge in [-0.3, -0.25) is 14.9 Å². The Hall–Kier alpha value is -1.15. The summed E-state index contributed by atoms with van der Waals surface area (Å²) in [4.78, 5) is 23.6. The van der Waals surface area contributed by atoms with Crippen LogP contribution in [-0.4, -0.2) is 15.1 Å². The van der Waals surface area contributed by atoms with Crippen LogP contribution >= 0.6 is 27.5 Å². The van der Waals surface area contributed by atoms with Crippen LogP contribution in [0.2, 0.25) is 0 Å². The molecule has 0 amide bonds. The highest BCUT2D eigenvalue weighted by atomic mass is 79.9. The van der Waals surface area contributed by atoms with Crippen LogP contribution in [-0.2, 0) is 0 Å². The third kappa shape index (κ3) is 2.50. The minimum Gasteiger partial charge on any atom is -0.274 e. The predicted molar refractivity (Wildman–Crippen MR) is 53.7 cm³/mol. The molecular formula is C7H2BrClF2N2O3. The zero-order valence-electron chi connectivity index (χ0n) is 7.29. The molecule has 0 saturated heterocycles. The molecular weight excluding hydrogens is 313 g/mol. The quantitative estimate of drug-likeness (QED) is 0.372. The molecule has 16 heavy (non-hydrogen) atoms. The Balaban J connectivity index is 3.52. The van der Waals surface area contributed by atoms with Gasteiger partial charge in [-0.2, -0.15) is 0 Å². The second kappa shape index (κ2) is 4.79. The maximum Gasteiger partial charge on any atom is 0.283 e. The average Bonchev–Trinajstić information content (AvgIpc) is 2.15. The highest BCUT2D eigenvalue weighted by molar-refractivity contribution is 9.10.